The second-order valence-corrected chi connectivity index (χ2v) is 7.52. The Morgan fingerprint density at radius 2 is 2.05 bits per heavy atom. The first-order valence-corrected chi connectivity index (χ1v) is 7.91. The van der Waals surface area contributed by atoms with Crippen LogP contribution in [0.1, 0.15) is 31.7 Å². The minimum absolute atomic E-state index is 0. The van der Waals surface area contributed by atoms with Crippen LogP contribution in [0.15, 0.2) is 18.2 Å². The Balaban J connectivity index is 0.00000242. The van der Waals surface area contributed by atoms with Crippen molar-refractivity contribution in [1.82, 2.24) is 4.90 Å². The van der Waals surface area contributed by atoms with Crippen LogP contribution in [0.25, 0.3) is 0 Å². The summed E-state index contributed by atoms with van der Waals surface area (Å²) in [5, 5.41) is 1.27. The van der Waals surface area contributed by atoms with E-state index < -0.39 is 0 Å². The summed E-state index contributed by atoms with van der Waals surface area (Å²) in [4.78, 5) is 14.3. The van der Waals surface area contributed by atoms with E-state index >= 15 is 0 Å². The van der Waals surface area contributed by atoms with Crippen molar-refractivity contribution in [3.05, 3.63) is 33.8 Å². The first kappa shape index (κ1) is 19.6. The van der Waals surface area contributed by atoms with Gasteiger partial charge in [0.2, 0.25) is 5.91 Å². The lowest BCUT2D eigenvalue weighted by atomic mass is 9.93. The fraction of sp³-hybridized carbons (Fsp3) is 0.562. The minimum atomic E-state index is -0.0628. The van der Waals surface area contributed by atoms with E-state index in [0.717, 1.165) is 12.0 Å². The van der Waals surface area contributed by atoms with Gasteiger partial charge in [-0.15, -0.1) is 12.4 Å². The number of halogens is 3. The quantitative estimate of drug-likeness (QED) is 0.858. The maximum atomic E-state index is 12.5. The van der Waals surface area contributed by atoms with Crippen molar-refractivity contribution < 1.29 is 4.79 Å². The highest BCUT2D eigenvalue weighted by Gasteiger charge is 2.46. The zero-order valence-electron chi connectivity index (χ0n) is 13.1. The predicted molar refractivity (Wildman–Crippen MR) is 95.0 cm³/mol. The van der Waals surface area contributed by atoms with Gasteiger partial charge in [0.15, 0.2) is 0 Å². The van der Waals surface area contributed by atoms with Gasteiger partial charge in [-0.1, -0.05) is 43.1 Å². The average Bonchev–Trinajstić information content (AvgIpc) is 3.17. The highest BCUT2D eigenvalue weighted by atomic mass is 35.5. The number of rotatable bonds is 5. The van der Waals surface area contributed by atoms with E-state index in [0.29, 0.717) is 23.1 Å². The molecule has 2 atom stereocenters. The molecule has 1 aliphatic rings. The van der Waals surface area contributed by atoms with Gasteiger partial charge in [-0.25, -0.2) is 0 Å². The Hall–Kier alpha value is -0.480. The molecule has 0 radical (unpaired) electrons. The van der Waals surface area contributed by atoms with Gasteiger partial charge in [0.25, 0.3) is 0 Å². The second-order valence-electron chi connectivity index (χ2n) is 6.68. The van der Waals surface area contributed by atoms with E-state index in [1.165, 1.54) is 0 Å². The van der Waals surface area contributed by atoms with Crippen molar-refractivity contribution in [1.29, 1.82) is 0 Å². The molecule has 6 heteroatoms. The fourth-order valence-corrected chi connectivity index (χ4v) is 3.23. The smallest absolute Gasteiger partial charge is 0.226 e. The first-order chi connectivity index (χ1) is 9.75. The van der Waals surface area contributed by atoms with Crippen LogP contribution in [-0.4, -0.2) is 30.9 Å². The molecule has 0 saturated heterocycles. The van der Waals surface area contributed by atoms with E-state index in [4.69, 9.17) is 28.9 Å². The second kappa shape index (κ2) is 7.39. The number of hydrogen-bond acceptors (Lipinski definition) is 2. The molecule has 1 aromatic rings. The molecular formula is C16H23Cl3N2O. The van der Waals surface area contributed by atoms with Gasteiger partial charge in [0.05, 0.1) is 0 Å². The number of amides is 1. The Kier molecular flexibility index (Phi) is 6.58. The van der Waals surface area contributed by atoms with Gasteiger partial charge in [-0.05, 0) is 42.0 Å². The molecule has 3 nitrogen and oxygen atoms in total. The molecular weight excluding hydrogens is 343 g/mol. The number of nitrogens with zero attached hydrogens (tertiary/aromatic N) is 1. The van der Waals surface area contributed by atoms with Crippen molar-refractivity contribution in [2.24, 2.45) is 17.1 Å². The molecule has 2 rings (SSSR count). The summed E-state index contributed by atoms with van der Waals surface area (Å²) in [5.41, 5.74) is 6.69. The van der Waals surface area contributed by atoms with Crippen molar-refractivity contribution in [2.45, 2.75) is 26.2 Å². The van der Waals surface area contributed by atoms with Crippen molar-refractivity contribution in [2.75, 3.05) is 20.1 Å². The summed E-state index contributed by atoms with van der Waals surface area (Å²) in [6, 6.07) is 5.48. The molecule has 0 bridgehead atoms. The molecule has 1 aromatic carbocycles. The lowest BCUT2D eigenvalue weighted by molar-refractivity contribution is -0.132. The third-order valence-corrected chi connectivity index (χ3v) is 4.63. The molecule has 0 aromatic heterocycles. The summed E-state index contributed by atoms with van der Waals surface area (Å²) in [5.74, 6) is 0.417. The van der Waals surface area contributed by atoms with Crippen molar-refractivity contribution in [3.8, 4) is 0 Å². The number of carbonyl (C=O) groups is 1. The molecule has 0 spiro atoms. The maximum Gasteiger partial charge on any atom is 0.226 e. The monoisotopic (exact) mass is 364 g/mol. The number of nitrogens with two attached hydrogens (primary N) is 1. The van der Waals surface area contributed by atoms with Crippen LogP contribution in [0.2, 0.25) is 10.0 Å². The van der Waals surface area contributed by atoms with Gasteiger partial charge in [0.1, 0.15) is 0 Å². The lowest BCUT2D eigenvalue weighted by Gasteiger charge is -2.29. The standard InChI is InChI=1S/C16H22Cl2N2O.ClH/c1-16(2,8-19)9-20(3)15(21)13-7-12(13)11-5-4-10(17)6-14(11)18;/h4-6,12-13H,7-9,19H2,1-3H3;1H. The highest BCUT2D eigenvalue weighted by molar-refractivity contribution is 6.35. The summed E-state index contributed by atoms with van der Waals surface area (Å²) in [7, 11) is 1.85. The summed E-state index contributed by atoms with van der Waals surface area (Å²) >= 11 is 12.1. The average molecular weight is 366 g/mol. The molecule has 1 amide bonds. The van der Waals surface area contributed by atoms with Crippen LogP contribution in [-0.2, 0) is 4.79 Å². The summed E-state index contributed by atoms with van der Waals surface area (Å²) < 4.78 is 0. The normalized spacial score (nSPS) is 20.3. The lowest BCUT2D eigenvalue weighted by Crippen LogP contribution is -2.40. The number of benzene rings is 1. The van der Waals surface area contributed by atoms with Gasteiger partial charge < -0.3 is 10.6 Å². The molecule has 0 heterocycles. The van der Waals surface area contributed by atoms with E-state index in [9.17, 15) is 4.79 Å². The molecule has 2 N–H and O–H groups in total. The fourth-order valence-electron chi connectivity index (χ4n) is 2.68. The molecule has 1 saturated carbocycles. The predicted octanol–water partition coefficient (Wildman–Crippen LogP) is 3.96. The van der Waals surface area contributed by atoms with Gasteiger partial charge in [0, 0.05) is 29.6 Å². The minimum Gasteiger partial charge on any atom is -0.345 e. The molecule has 1 fully saturated rings. The third-order valence-electron chi connectivity index (χ3n) is 4.06. The highest BCUT2D eigenvalue weighted by Crippen LogP contribution is 2.50. The molecule has 1 aliphatic carbocycles. The zero-order valence-corrected chi connectivity index (χ0v) is 15.4. The van der Waals surface area contributed by atoms with Crippen LogP contribution in [0.5, 0.6) is 0 Å². The molecule has 22 heavy (non-hydrogen) atoms. The van der Waals surface area contributed by atoms with Crippen LogP contribution in [0.4, 0.5) is 0 Å². The Bertz CT molecular complexity index is 548. The first-order valence-electron chi connectivity index (χ1n) is 7.15. The van der Waals surface area contributed by atoms with Crippen molar-refractivity contribution >= 4 is 41.5 Å². The molecule has 2 unspecified atom stereocenters. The Morgan fingerprint density at radius 3 is 2.59 bits per heavy atom. The van der Waals surface area contributed by atoms with E-state index in [1.807, 2.05) is 19.2 Å². The van der Waals surface area contributed by atoms with Crippen LogP contribution in [0.3, 0.4) is 0 Å². The molecule has 124 valence electrons. The van der Waals surface area contributed by atoms with E-state index in [-0.39, 0.29) is 35.6 Å². The SMILES string of the molecule is CN(CC(C)(C)CN)C(=O)C1CC1c1ccc(Cl)cc1Cl.Cl. The third kappa shape index (κ3) is 4.51. The molecule has 0 aliphatic heterocycles. The van der Waals surface area contributed by atoms with Crippen LogP contribution >= 0.6 is 35.6 Å². The summed E-state index contributed by atoms with van der Waals surface area (Å²) in [6.45, 7) is 5.36. The Morgan fingerprint density at radius 1 is 1.41 bits per heavy atom. The van der Waals surface area contributed by atoms with Gasteiger partial charge in [-0.2, -0.15) is 0 Å². The van der Waals surface area contributed by atoms with Crippen LogP contribution in [0, 0.1) is 11.3 Å². The number of carbonyl (C=O) groups excluding carboxylic acids is 1. The van der Waals surface area contributed by atoms with Crippen molar-refractivity contribution in [3.63, 3.8) is 0 Å². The van der Waals surface area contributed by atoms with E-state index in [1.54, 1.807) is 11.0 Å². The summed E-state index contributed by atoms with van der Waals surface area (Å²) in [6.07, 6.45) is 0.855. The van der Waals surface area contributed by atoms with Gasteiger partial charge in [-0.3, -0.25) is 4.79 Å². The van der Waals surface area contributed by atoms with Gasteiger partial charge >= 0.3 is 0 Å². The van der Waals surface area contributed by atoms with E-state index in [2.05, 4.69) is 13.8 Å². The Labute approximate surface area is 148 Å². The zero-order chi connectivity index (χ0) is 15.8. The topological polar surface area (TPSA) is 46.3 Å². The maximum absolute atomic E-state index is 12.5. The van der Waals surface area contributed by atoms with Crippen LogP contribution < -0.4 is 5.73 Å². The largest absolute Gasteiger partial charge is 0.345 e. The number of hydrogen-bond donors (Lipinski definition) is 1.